The maximum absolute atomic E-state index is 5.36. The summed E-state index contributed by atoms with van der Waals surface area (Å²) in [4.78, 5) is 4.57. The highest BCUT2D eigenvalue weighted by Crippen LogP contribution is 2.28. The van der Waals surface area contributed by atoms with E-state index in [1.54, 1.807) is 7.11 Å². The predicted octanol–water partition coefficient (Wildman–Crippen LogP) is 3.17. The normalized spacial score (nSPS) is 20.2. The van der Waals surface area contributed by atoms with Gasteiger partial charge in [0.05, 0.1) is 13.3 Å². The van der Waals surface area contributed by atoms with Gasteiger partial charge in [-0.3, -0.25) is 0 Å². The molecule has 0 spiro atoms. The lowest BCUT2D eigenvalue weighted by Gasteiger charge is -2.20. The Kier molecular flexibility index (Phi) is 3.46. The number of fused-ring (bicyclic) bond motifs is 1. The van der Waals surface area contributed by atoms with Gasteiger partial charge >= 0.3 is 0 Å². The predicted molar refractivity (Wildman–Crippen MR) is 75.5 cm³/mol. The van der Waals surface area contributed by atoms with Crippen LogP contribution in [0, 0.1) is 0 Å². The van der Waals surface area contributed by atoms with Crippen molar-refractivity contribution in [3.63, 3.8) is 0 Å². The van der Waals surface area contributed by atoms with E-state index in [-0.39, 0.29) is 0 Å². The monoisotopic (exact) mass is 262 g/mol. The number of rotatable bonds is 3. The second-order valence-electron chi connectivity index (χ2n) is 4.70. The molecular formula is C14H18N2OS. The van der Waals surface area contributed by atoms with Crippen LogP contribution >= 0.6 is 11.8 Å². The van der Waals surface area contributed by atoms with E-state index in [1.807, 2.05) is 18.3 Å². The fourth-order valence-corrected chi connectivity index (χ4v) is 3.85. The fraction of sp³-hybridized carbons (Fsp3) is 0.500. The first-order valence-electron chi connectivity index (χ1n) is 6.49. The van der Waals surface area contributed by atoms with Crippen molar-refractivity contribution in [1.82, 2.24) is 9.38 Å². The summed E-state index contributed by atoms with van der Waals surface area (Å²) in [5.74, 6) is 3.35. The summed E-state index contributed by atoms with van der Waals surface area (Å²) in [6.45, 7) is 0. The van der Waals surface area contributed by atoms with Crippen LogP contribution < -0.4 is 4.74 Å². The molecule has 2 aromatic heterocycles. The van der Waals surface area contributed by atoms with Crippen LogP contribution in [0.2, 0.25) is 0 Å². The van der Waals surface area contributed by atoms with Gasteiger partial charge in [0.1, 0.15) is 17.1 Å². The second kappa shape index (κ2) is 5.22. The molecule has 0 amide bonds. The molecule has 4 heteroatoms. The Hall–Kier alpha value is -1.16. The summed E-state index contributed by atoms with van der Waals surface area (Å²) >= 11 is 2.10. The van der Waals surface area contributed by atoms with E-state index < -0.39 is 0 Å². The van der Waals surface area contributed by atoms with Crippen molar-refractivity contribution in [3.8, 4) is 5.75 Å². The van der Waals surface area contributed by atoms with Gasteiger partial charge in [0.2, 0.25) is 0 Å². The minimum atomic E-state index is 0.732. The van der Waals surface area contributed by atoms with E-state index in [4.69, 9.17) is 4.74 Å². The minimum Gasteiger partial charge on any atom is -0.494 e. The highest BCUT2D eigenvalue weighted by molar-refractivity contribution is 7.99. The largest absolute Gasteiger partial charge is 0.494 e. The maximum atomic E-state index is 5.36. The summed E-state index contributed by atoms with van der Waals surface area (Å²) in [6, 6.07) is 4.00. The highest BCUT2D eigenvalue weighted by Gasteiger charge is 2.17. The topological polar surface area (TPSA) is 26.5 Å². The van der Waals surface area contributed by atoms with Gasteiger partial charge in [0.15, 0.2) is 0 Å². The molecule has 3 nitrogen and oxygen atoms in total. The number of hydrogen-bond acceptors (Lipinski definition) is 3. The molecule has 3 heterocycles. The van der Waals surface area contributed by atoms with Crippen LogP contribution in [-0.2, 0) is 6.42 Å². The Morgan fingerprint density at radius 3 is 3.22 bits per heavy atom. The lowest BCUT2D eigenvalue weighted by molar-refractivity contribution is 0.418. The average Bonchev–Trinajstić information content (AvgIpc) is 2.83. The van der Waals surface area contributed by atoms with E-state index >= 15 is 0 Å². The van der Waals surface area contributed by atoms with Gasteiger partial charge < -0.3 is 9.14 Å². The molecule has 0 bridgehead atoms. The molecule has 1 fully saturated rings. The first kappa shape index (κ1) is 11.9. The summed E-state index contributed by atoms with van der Waals surface area (Å²) in [6.07, 6.45) is 9.12. The standard InChI is InChI=1S/C14H18N2OS/c1-17-13-6-4-7-16-12(13)10-15-14(16)9-11-5-2-3-8-18-11/h4,6-7,10-11H,2-3,5,8-9H2,1H3. The summed E-state index contributed by atoms with van der Waals surface area (Å²) in [7, 11) is 1.71. The number of methoxy groups -OCH3 is 1. The van der Waals surface area contributed by atoms with Gasteiger partial charge in [-0.25, -0.2) is 4.98 Å². The quantitative estimate of drug-likeness (QED) is 0.850. The van der Waals surface area contributed by atoms with Crippen molar-refractivity contribution in [1.29, 1.82) is 0 Å². The van der Waals surface area contributed by atoms with E-state index in [0.717, 1.165) is 28.8 Å². The van der Waals surface area contributed by atoms with E-state index in [9.17, 15) is 0 Å². The molecule has 18 heavy (non-hydrogen) atoms. The molecule has 3 rings (SSSR count). The van der Waals surface area contributed by atoms with Gasteiger partial charge in [-0.1, -0.05) is 6.42 Å². The van der Waals surface area contributed by atoms with Crippen LogP contribution in [0.15, 0.2) is 24.5 Å². The Labute approximate surface area is 112 Å². The zero-order chi connectivity index (χ0) is 12.4. The maximum Gasteiger partial charge on any atom is 0.144 e. The number of imidazole rings is 1. The third-order valence-electron chi connectivity index (χ3n) is 3.51. The smallest absolute Gasteiger partial charge is 0.144 e. The lowest BCUT2D eigenvalue weighted by Crippen LogP contribution is -2.14. The molecule has 0 saturated carbocycles. The Morgan fingerprint density at radius 1 is 1.50 bits per heavy atom. The summed E-state index contributed by atoms with van der Waals surface area (Å²) in [5, 5.41) is 0.732. The van der Waals surface area contributed by atoms with Crippen molar-refractivity contribution in [2.45, 2.75) is 30.9 Å². The molecule has 0 aromatic carbocycles. The van der Waals surface area contributed by atoms with Crippen molar-refractivity contribution in [3.05, 3.63) is 30.4 Å². The molecular weight excluding hydrogens is 244 g/mol. The van der Waals surface area contributed by atoms with Gasteiger partial charge in [0, 0.05) is 17.9 Å². The second-order valence-corrected chi connectivity index (χ2v) is 6.11. The number of aromatic nitrogens is 2. The number of pyridine rings is 1. The first-order valence-corrected chi connectivity index (χ1v) is 7.54. The minimum absolute atomic E-state index is 0.732. The third-order valence-corrected chi connectivity index (χ3v) is 4.91. The van der Waals surface area contributed by atoms with E-state index in [0.29, 0.717) is 0 Å². The number of hydrogen-bond donors (Lipinski definition) is 0. The molecule has 1 saturated heterocycles. The first-order chi connectivity index (χ1) is 8.88. The number of thioether (sulfide) groups is 1. The molecule has 1 aliphatic heterocycles. The number of ether oxygens (including phenoxy) is 1. The van der Waals surface area contributed by atoms with Crippen molar-refractivity contribution in [2.24, 2.45) is 0 Å². The van der Waals surface area contributed by atoms with Gasteiger partial charge in [-0.05, 0) is 30.7 Å². The van der Waals surface area contributed by atoms with Crippen LogP contribution in [-0.4, -0.2) is 27.5 Å². The molecule has 1 unspecified atom stereocenters. The average molecular weight is 262 g/mol. The fourth-order valence-electron chi connectivity index (χ4n) is 2.55. The third kappa shape index (κ3) is 2.21. The molecule has 0 N–H and O–H groups in total. The van der Waals surface area contributed by atoms with Crippen molar-refractivity contribution < 1.29 is 4.74 Å². The summed E-state index contributed by atoms with van der Waals surface area (Å²) < 4.78 is 7.53. The number of nitrogens with zero attached hydrogens (tertiary/aromatic N) is 2. The SMILES string of the molecule is COc1cccn2c(CC3CCCCS3)ncc12. The van der Waals surface area contributed by atoms with Crippen LogP contribution in [0.5, 0.6) is 5.75 Å². The molecule has 2 aromatic rings. The van der Waals surface area contributed by atoms with Gasteiger partial charge in [0.25, 0.3) is 0 Å². The molecule has 1 atom stereocenters. The lowest BCUT2D eigenvalue weighted by atomic mass is 10.1. The van der Waals surface area contributed by atoms with Crippen LogP contribution in [0.25, 0.3) is 5.52 Å². The Balaban J connectivity index is 1.88. The zero-order valence-corrected chi connectivity index (χ0v) is 11.4. The summed E-state index contributed by atoms with van der Waals surface area (Å²) in [5.41, 5.74) is 1.07. The Bertz CT molecular complexity index is 532. The molecule has 0 aliphatic carbocycles. The molecule has 96 valence electrons. The van der Waals surface area contributed by atoms with E-state index in [2.05, 4.69) is 27.3 Å². The van der Waals surface area contributed by atoms with E-state index in [1.165, 1.54) is 25.0 Å². The zero-order valence-electron chi connectivity index (χ0n) is 10.6. The Morgan fingerprint density at radius 2 is 2.44 bits per heavy atom. The van der Waals surface area contributed by atoms with Gasteiger partial charge in [-0.2, -0.15) is 11.8 Å². The van der Waals surface area contributed by atoms with Crippen LogP contribution in [0.4, 0.5) is 0 Å². The highest BCUT2D eigenvalue weighted by atomic mass is 32.2. The van der Waals surface area contributed by atoms with Crippen LogP contribution in [0.3, 0.4) is 0 Å². The van der Waals surface area contributed by atoms with Crippen molar-refractivity contribution in [2.75, 3.05) is 12.9 Å². The molecule has 1 aliphatic rings. The molecule has 0 radical (unpaired) electrons. The van der Waals surface area contributed by atoms with Gasteiger partial charge in [-0.15, -0.1) is 0 Å². The van der Waals surface area contributed by atoms with Crippen LogP contribution in [0.1, 0.15) is 25.1 Å². The van der Waals surface area contributed by atoms with Crippen molar-refractivity contribution >= 4 is 17.3 Å².